The average Bonchev–Trinajstić information content (AvgIpc) is 3.02. The number of esters is 1. The Labute approximate surface area is 152 Å². The molecule has 0 saturated carbocycles. The first kappa shape index (κ1) is 18.6. The van der Waals surface area contributed by atoms with Crippen LogP contribution in [0.15, 0.2) is 0 Å². The van der Waals surface area contributed by atoms with E-state index < -0.39 is 5.60 Å². The predicted octanol–water partition coefficient (Wildman–Crippen LogP) is 1.32. The van der Waals surface area contributed by atoms with E-state index in [9.17, 15) is 9.59 Å². The van der Waals surface area contributed by atoms with E-state index >= 15 is 0 Å². The molecule has 26 heavy (non-hydrogen) atoms. The number of methoxy groups -OCH3 is 1. The molecule has 2 unspecified atom stereocenters. The van der Waals surface area contributed by atoms with Gasteiger partial charge in [-0.3, -0.25) is 9.69 Å². The highest BCUT2D eigenvalue weighted by Gasteiger charge is 2.37. The molecule has 9 nitrogen and oxygen atoms in total. The summed E-state index contributed by atoms with van der Waals surface area (Å²) in [6.45, 7) is 7.37. The van der Waals surface area contributed by atoms with Crippen molar-refractivity contribution in [3.8, 4) is 0 Å². The Kier molecular flexibility index (Phi) is 5.17. The number of aromatic nitrogens is 3. The van der Waals surface area contributed by atoms with Crippen LogP contribution < -0.4 is 0 Å². The van der Waals surface area contributed by atoms with Gasteiger partial charge >= 0.3 is 12.1 Å². The molecule has 1 aromatic heterocycles. The summed E-state index contributed by atoms with van der Waals surface area (Å²) in [6.07, 6.45) is 0.760. The second-order valence-electron chi connectivity index (χ2n) is 7.60. The van der Waals surface area contributed by atoms with Crippen molar-refractivity contribution in [2.45, 2.75) is 51.8 Å². The first-order valence-electron chi connectivity index (χ1n) is 8.87. The number of carbonyl (C=O) groups excluding carboxylic acids is 2. The quantitative estimate of drug-likeness (QED) is 0.728. The number of rotatable bonds is 2. The number of morpholine rings is 1. The van der Waals surface area contributed by atoms with Crippen LogP contribution in [0.4, 0.5) is 4.79 Å². The first-order chi connectivity index (χ1) is 12.3. The van der Waals surface area contributed by atoms with Gasteiger partial charge in [0.05, 0.1) is 26.2 Å². The number of ether oxygens (including phenoxy) is 3. The van der Waals surface area contributed by atoms with Crippen LogP contribution in [-0.2, 0) is 32.0 Å². The van der Waals surface area contributed by atoms with Crippen molar-refractivity contribution in [2.75, 3.05) is 26.9 Å². The SMILES string of the molecule is COC(=O)C1CCn2c(nnc2C2COCCN2C(=O)OC(C)(C)C)C1. The number of hydrogen-bond acceptors (Lipinski definition) is 7. The molecule has 0 aromatic carbocycles. The highest BCUT2D eigenvalue weighted by molar-refractivity contribution is 5.72. The molecule has 2 atom stereocenters. The van der Waals surface area contributed by atoms with Gasteiger partial charge in [-0.1, -0.05) is 0 Å². The Balaban J connectivity index is 1.81. The monoisotopic (exact) mass is 366 g/mol. The predicted molar refractivity (Wildman–Crippen MR) is 90.3 cm³/mol. The molecule has 3 rings (SSSR count). The fourth-order valence-electron chi connectivity index (χ4n) is 3.32. The molecule has 0 spiro atoms. The van der Waals surface area contributed by atoms with Gasteiger partial charge in [-0.05, 0) is 27.2 Å². The second-order valence-corrected chi connectivity index (χ2v) is 7.60. The number of carbonyl (C=O) groups is 2. The zero-order valence-electron chi connectivity index (χ0n) is 15.7. The Morgan fingerprint density at radius 2 is 2.00 bits per heavy atom. The molecule has 2 aliphatic heterocycles. The summed E-state index contributed by atoms with van der Waals surface area (Å²) in [6, 6.07) is -0.352. The van der Waals surface area contributed by atoms with E-state index in [1.54, 1.807) is 4.90 Å². The molecule has 1 aromatic rings. The third kappa shape index (κ3) is 3.82. The molecule has 0 N–H and O–H groups in total. The smallest absolute Gasteiger partial charge is 0.411 e. The van der Waals surface area contributed by atoms with Crippen LogP contribution in [0.3, 0.4) is 0 Å². The first-order valence-corrected chi connectivity index (χ1v) is 8.87. The summed E-state index contributed by atoms with van der Waals surface area (Å²) in [5.41, 5.74) is -0.571. The Hall–Kier alpha value is -2.16. The van der Waals surface area contributed by atoms with E-state index in [1.165, 1.54) is 7.11 Å². The molecule has 3 heterocycles. The molecule has 1 amide bonds. The van der Waals surface area contributed by atoms with Gasteiger partial charge in [0.15, 0.2) is 5.82 Å². The Bertz CT molecular complexity index is 681. The van der Waals surface area contributed by atoms with E-state index in [0.29, 0.717) is 45.0 Å². The summed E-state index contributed by atoms with van der Waals surface area (Å²) in [7, 11) is 1.39. The zero-order chi connectivity index (χ0) is 18.9. The lowest BCUT2D eigenvalue weighted by Gasteiger charge is -2.36. The largest absolute Gasteiger partial charge is 0.469 e. The fraction of sp³-hybridized carbons (Fsp3) is 0.765. The molecule has 1 saturated heterocycles. The molecule has 9 heteroatoms. The number of hydrogen-bond donors (Lipinski definition) is 0. The summed E-state index contributed by atoms with van der Waals surface area (Å²) in [4.78, 5) is 26.0. The Morgan fingerprint density at radius 3 is 2.69 bits per heavy atom. The molecule has 1 fully saturated rings. The van der Waals surface area contributed by atoms with Gasteiger partial charge in [0, 0.05) is 19.5 Å². The van der Waals surface area contributed by atoms with Crippen molar-refractivity contribution in [1.82, 2.24) is 19.7 Å². The van der Waals surface area contributed by atoms with Crippen LogP contribution in [-0.4, -0.2) is 64.2 Å². The maximum absolute atomic E-state index is 12.6. The lowest BCUT2D eigenvalue weighted by Crippen LogP contribution is -2.46. The van der Waals surface area contributed by atoms with Gasteiger partial charge in [0.25, 0.3) is 0 Å². The minimum Gasteiger partial charge on any atom is -0.469 e. The highest BCUT2D eigenvalue weighted by Crippen LogP contribution is 2.29. The van der Waals surface area contributed by atoms with Crippen molar-refractivity contribution in [3.05, 3.63) is 11.6 Å². The molecule has 0 aliphatic carbocycles. The third-order valence-electron chi connectivity index (χ3n) is 4.58. The molecular weight excluding hydrogens is 340 g/mol. The maximum Gasteiger partial charge on any atom is 0.411 e. The topological polar surface area (TPSA) is 95.8 Å². The van der Waals surface area contributed by atoms with Crippen molar-refractivity contribution in [3.63, 3.8) is 0 Å². The number of fused-ring (bicyclic) bond motifs is 1. The van der Waals surface area contributed by atoms with Gasteiger partial charge in [0.2, 0.25) is 0 Å². The van der Waals surface area contributed by atoms with Crippen molar-refractivity contribution in [1.29, 1.82) is 0 Å². The van der Waals surface area contributed by atoms with E-state index in [2.05, 4.69) is 10.2 Å². The van der Waals surface area contributed by atoms with Crippen LogP contribution >= 0.6 is 0 Å². The van der Waals surface area contributed by atoms with E-state index in [0.717, 1.165) is 5.82 Å². The molecule has 2 aliphatic rings. The molecule has 0 radical (unpaired) electrons. The second kappa shape index (κ2) is 7.22. The molecule has 0 bridgehead atoms. The maximum atomic E-state index is 12.6. The summed E-state index contributed by atoms with van der Waals surface area (Å²) < 4.78 is 17.9. The Morgan fingerprint density at radius 1 is 1.23 bits per heavy atom. The molecule has 144 valence electrons. The van der Waals surface area contributed by atoms with E-state index in [-0.39, 0.29) is 24.0 Å². The van der Waals surface area contributed by atoms with Crippen LogP contribution in [0.5, 0.6) is 0 Å². The van der Waals surface area contributed by atoms with Crippen LogP contribution in [0.2, 0.25) is 0 Å². The van der Waals surface area contributed by atoms with Crippen molar-refractivity contribution in [2.24, 2.45) is 5.92 Å². The number of nitrogens with zero attached hydrogens (tertiary/aromatic N) is 4. The van der Waals surface area contributed by atoms with Crippen LogP contribution in [0.1, 0.15) is 44.9 Å². The zero-order valence-corrected chi connectivity index (χ0v) is 15.7. The van der Waals surface area contributed by atoms with Gasteiger partial charge in [-0.2, -0.15) is 0 Å². The molecular formula is C17H26N4O5. The third-order valence-corrected chi connectivity index (χ3v) is 4.58. The lowest BCUT2D eigenvalue weighted by molar-refractivity contribution is -0.146. The minimum atomic E-state index is -0.571. The normalized spacial score (nSPS) is 23.3. The van der Waals surface area contributed by atoms with Crippen molar-refractivity contribution < 1.29 is 23.8 Å². The lowest BCUT2D eigenvalue weighted by atomic mass is 9.98. The number of amides is 1. The van der Waals surface area contributed by atoms with Crippen molar-refractivity contribution >= 4 is 12.1 Å². The standard InChI is InChI=1S/C17H26N4O5/c1-17(2,3)26-16(23)20-7-8-25-10-12(20)14-19-18-13-9-11(15(22)24-4)5-6-21(13)14/h11-12H,5-10H2,1-4H3. The van der Waals surface area contributed by atoms with Gasteiger partial charge < -0.3 is 18.8 Å². The summed E-state index contributed by atoms with van der Waals surface area (Å²) in [5, 5.41) is 8.54. The fourth-order valence-corrected chi connectivity index (χ4v) is 3.32. The van der Waals surface area contributed by atoms with Crippen LogP contribution in [0, 0.1) is 5.92 Å². The highest BCUT2D eigenvalue weighted by atomic mass is 16.6. The average molecular weight is 366 g/mol. The minimum absolute atomic E-state index is 0.200. The van der Waals surface area contributed by atoms with E-state index in [1.807, 2.05) is 25.3 Å². The summed E-state index contributed by atoms with van der Waals surface area (Å²) in [5.74, 6) is 0.983. The van der Waals surface area contributed by atoms with Gasteiger partial charge in [-0.15, -0.1) is 10.2 Å². The van der Waals surface area contributed by atoms with Crippen LogP contribution in [0.25, 0.3) is 0 Å². The van der Waals surface area contributed by atoms with Gasteiger partial charge in [0.1, 0.15) is 17.5 Å². The van der Waals surface area contributed by atoms with E-state index in [4.69, 9.17) is 14.2 Å². The van der Waals surface area contributed by atoms with Gasteiger partial charge in [-0.25, -0.2) is 4.79 Å². The summed E-state index contributed by atoms with van der Waals surface area (Å²) >= 11 is 0.